The van der Waals surface area contributed by atoms with Gasteiger partial charge in [0.25, 0.3) is 0 Å². The average Bonchev–Trinajstić information content (AvgIpc) is 1.63. The van der Waals surface area contributed by atoms with Crippen LogP contribution in [0.25, 0.3) is 0 Å². The minimum absolute atomic E-state index is 0.769. The van der Waals surface area contributed by atoms with Crippen molar-refractivity contribution in [3.8, 4) is 6.07 Å². The monoisotopic (exact) mass is 109 g/mol. The van der Waals surface area contributed by atoms with Crippen molar-refractivity contribution in [2.24, 2.45) is 5.92 Å². The zero-order valence-electron chi connectivity index (χ0n) is 5.06. The number of hydrogen-bond donors (Lipinski definition) is 0. The van der Waals surface area contributed by atoms with Crippen LogP contribution in [0.5, 0.6) is 0 Å². The Kier molecular flexibility index (Phi) is 1.91. The maximum Gasteiger partial charge on any atom is 0.0621 e. The van der Waals surface area contributed by atoms with Crippen molar-refractivity contribution in [1.29, 1.82) is 5.26 Å². The van der Waals surface area contributed by atoms with Crippen LogP contribution in [0, 0.1) is 17.2 Å². The van der Waals surface area contributed by atoms with E-state index >= 15 is 0 Å². The van der Waals surface area contributed by atoms with E-state index in [2.05, 4.69) is 6.07 Å². The van der Waals surface area contributed by atoms with Gasteiger partial charge in [-0.1, -0.05) is 19.3 Å². The molecule has 0 spiro atoms. The van der Waals surface area contributed by atoms with Crippen molar-refractivity contribution in [3.05, 3.63) is 0 Å². The lowest BCUT2D eigenvalue weighted by Crippen LogP contribution is -2.09. The van der Waals surface area contributed by atoms with Gasteiger partial charge >= 0.3 is 0 Å². The molecule has 0 aromatic rings. The highest BCUT2D eigenvalue weighted by Crippen LogP contribution is 2.29. The van der Waals surface area contributed by atoms with Crippen molar-refractivity contribution in [2.45, 2.75) is 32.1 Å². The Bertz CT molecular complexity index is 97.4. The Morgan fingerprint density at radius 2 is 2.25 bits per heavy atom. The Morgan fingerprint density at radius 1 is 1.50 bits per heavy atom. The molecule has 0 aromatic heterocycles. The molecule has 0 N–H and O–H groups in total. The molecule has 0 aliphatic heterocycles. The van der Waals surface area contributed by atoms with E-state index in [0.29, 0.717) is 0 Å². The minimum Gasteiger partial charge on any atom is -0.198 e. The molecule has 1 fully saturated rings. The Hall–Kier alpha value is -0.510. The van der Waals surface area contributed by atoms with Crippen molar-refractivity contribution < 1.29 is 0 Å². The SMILES string of the molecule is N#CCCC1CCC1. The molecule has 1 heteroatoms. The molecule has 0 radical (unpaired) electrons. The predicted molar refractivity (Wildman–Crippen MR) is 32.2 cm³/mol. The maximum atomic E-state index is 8.18. The van der Waals surface area contributed by atoms with Gasteiger partial charge in [-0.3, -0.25) is 0 Å². The minimum atomic E-state index is 0.769. The van der Waals surface area contributed by atoms with Gasteiger partial charge in [0.2, 0.25) is 0 Å². The Morgan fingerprint density at radius 3 is 2.62 bits per heavy atom. The summed E-state index contributed by atoms with van der Waals surface area (Å²) < 4.78 is 0. The van der Waals surface area contributed by atoms with Gasteiger partial charge in [0.1, 0.15) is 0 Å². The molecule has 1 aliphatic rings. The summed E-state index contributed by atoms with van der Waals surface area (Å²) in [6.45, 7) is 0. The Balaban J connectivity index is 1.95. The molecule has 0 saturated heterocycles. The van der Waals surface area contributed by atoms with Crippen molar-refractivity contribution in [1.82, 2.24) is 0 Å². The van der Waals surface area contributed by atoms with Gasteiger partial charge in [0.15, 0.2) is 0 Å². The van der Waals surface area contributed by atoms with Crippen LogP contribution in [0.3, 0.4) is 0 Å². The summed E-state index contributed by atoms with van der Waals surface area (Å²) in [4.78, 5) is 0. The molecule has 1 rings (SSSR count). The molecule has 0 bridgehead atoms. The van der Waals surface area contributed by atoms with E-state index in [1.165, 1.54) is 19.3 Å². The normalized spacial score (nSPS) is 19.4. The summed E-state index contributed by atoms with van der Waals surface area (Å²) in [5.41, 5.74) is 0. The summed E-state index contributed by atoms with van der Waals surface area (Å²) in [5, 5.41) is 8.18. The van der Waals surface area contributed by atoms with Crippen LogP contribution in [-0.4, -0.2) is 0 Å². The lowest BCUT2D eigenvalue weighted by molar-refractivity contribution is 0.299. The topological polar surface area (TPSA) is 23.8 Å². The second kappa shape index (κ2) is 2.71. The van der Waals surface area contributed by atoms with Crippen molar-refractivity contribution in [2.75, 3.05) is 0 Å². The third kappa shape index (κ3) is 1.23. The lowest BCUT2D eigenvalue weighted by Gasteiger charge is -2.23. The van der Waals surface area contributed by atoms with Crippen LogP contribution >= 0.6 is 0 Å². The standard InChI is InChI=1S/C7H11N/c8-6-2-5-7-3-1-4-7/h7H,1-5H2. The number of rotatable bonds is 2. The molecule has 0 atom stereocenters. The quantitative estimate of drug-likeness (QED) is 0.532. The highest BCUT2D eigenvalue weighted by molar-refractivity contribution is 4.76. The third-order valence-electron chi connectivity index (χ3n) is 1.89. The van der Waals surface area contributed by atoms with E-state index in [4.69, 9.17) is 5.26 Å². The van der Waals surface area contributed by atoms with Gasteiger partial charge in [-0.15, -0.1) is 0 Å². The molecule has 1 nitrogen and oxygen atoms in total. The van der Waals surface area contributed by atoms with Gasteiger partial charge in [-0.05, 0) is 12.3 Å². The highest BCUT2D eigenvalue weighted by atomic mass is 14.3. The third-order valence-corrected chi connectivity index (χ3v) is 1.89. The summed E-state index contributed by atoms with van der Waals surface area (Å²) in [5.74, 6) is 0.912. The fourth-order valence-electron chi connectivity index (χ4n) is 1.05. The molecule has 0 aromatic carbocycles. The zero-order valence-corrected chi connectivity index (χ0v) is 5.06. The smallest absolute Gasteiger partial charge is 0.0621 e. The molecule has 0 amide bonds. The molecular formula is C7H11N. The molecule has 0 unspecified atom stereocenters. The first-order chi connectivity index (χ1) is 3.93. The molecule has 44 valence electrons. The van der Waals surface area contributed by atoms with E-state index < -0.39 is 0 Å². The van der Waals surface area contributed by atoms with Crippen LogP contribution in [0.15, 0.2) is 0 Å². The van der Waals surface area contributed by atoms with Crippen LogP contribution in [0.1, 0.15) is 32.1 Å². The van der Waals surface area contributed by atoms with Crippen LogP contribution < -0.4 is 0 Å². The van der Waals surface area contributed by atoms with Crippen molar-refractivity contribution >= 4 is 0 Å². The largest absolute Gasteiger partial charge is 0.198 e. The molecular weight excluding hydrogens is 98.1 g/mol. The first-order valence-electron chi connectivity index (χ1n) is 3.30. The van der Waals surface area contributed by atoms with Gasteiger partial charge in [0.05, 0.1) is 6.07 Å². The zero-order chi connectivity index (χ0) is 5.82. The first-order valence-corrected chi connectivity index (χ1v) is 3.30. The van der Waals surface area contributed by atoms with E-state index in [1.807, 2.05) is 0 Å². The van der Waals surface area contributed by atoms with Gasteiger partial charge in [-0.2, -0.15) is 5.26 Å². The summed E-state index contributed by atoms with van der Waals surface area (Å²) in [6.07, 6.45) is 6.07. The predicted octanol–water partition coefficient (Wildman–Crippen LogP) is 2.09. The second-order valence-electron chi connectivity index (χ2n) is 2.49. The molecule has 0 heterocycles. The fraction of sp³-hybridized carbons (Fsp3) is 0.857. The summed E-state index contributed by atoms with van der Waals surface area (Å²) in [7, 11) is 0. The van der Waals surface area contributed by atoms with Crippen LogP contribution in [-0.2, 0) is 0 Å². The highest BCUT2D eigenvalue weighted by Gasteiger charge is 2.15. The number of nitrogens with zero attached hydrogens (tertiary/aromatic N) is 1. The van der Waals surface area contributed by atoms with Crippen LogP contribution in [0.4, 0.5) is 0 Å². The molecule has 1 aliphatic carbocycles. The first kappa shape index (κ1) is 5.62. The van der Waals surface area contributed by atoms with E-state index in [9.17, 15) is 0 Å². The van der Waals surface area contributed by atoms with Crippen LogP contribution in [0.2, 0.25) is 0 Å². The van der Waals surface area contributed by atoms with E-state index in [-0.39, 0.29) is 0 Å². The van der Waals surface area contributed by atoms with Gasteiger partial charge < -0.3 is 0 Å². The average molecular weight is 109 g/mol. The van der Waals surface area contributed by atoms with E-state index in [0.717, 1.165) is 18.8 Å². The Labute approximate surface area is 50.3 Å². The van der Waals surface area contributed by atoms with Crippen molar-refractivity contribution in [3.63, 3.8) is 0 Å². The molecule has 1 saturated carbocycles. The van der Waals surface area contributed by atoms with Gasteiger partial charge in [0, 0.05) is 6.42 Å². The second-order valence-corrected chi connectivity index (χ2v) is 2.49. The number of nitriles is 1. The number of hydrogen-bond acceptors (Lipinski definition) is 1. The summed E-state index contributed by atoms with van der Waals surface area (Å²) in [6, 6.07) is 2.17. The van der Waals surface area contributed by atoms with E-state index in [1.54, 1.807) is 0 Å². The summed E-state index contributed by atoms with van der Waals surface area (Å²) >= 11 is 0. The molecule has 8 heavy (non-hydrogen) atoms. The maximum absolute atomic E-state index is 8.18. The van der Waals surface area contributed by atoms with Gasteiger partial charge in [-0.25, -0.2) is 0 Å². The lowest BCUT2D eigenvalue weighted by atomic mass is 9.82. The fourth-order valence-corrected chi connectivity index (χ4v) is 1.05.